The first-order valence-corrected chi connectivity index (χ1v) is 7.57. The minimum atomic E-state index is -0.172. The van der Waals surface area contributed by atoms with Gasteiger partial charge in [0.25, 0.3) is 0 Å². The van der Waals surface area contributed by atoms with Gasteiger partial charge in [-0.05, 0) is 18.4 Å². The van der Waals surface area contributed by atoms with E-state index >= 15 is 0 Å². The maximum Gasteiger partial charge on any atom is 0.235 e. The molecule has 0 bridgehead atoms. The number of thioether (sulfide) groups is 1. The molecule has 2 rings (SSSR count). The van der Waals surface area contributed by atoms with Crippen LogP contribution in [-0.2, 0) is 11.8 Å². The summed E-state index contributed by atoms with van der Waals surface area (Å²) < 4.78 is 1.93. The second-order valence-electron chi connectivity index (χ2n) is 4.34. The van der Waals surface area contributed by atoms with Gasteiger partial charge in [0.2, 0.25) is 5.91 Å². The Morgan fingerprint density at radius 3 is 2.79 bits per heavy atom. The molecule has 19 heavy (non-hydrogen) atoms. The van der Waals surface area contributed by atoms with E-state index in [4.69, 9.17) is 0 Å². The second-order valence-corrected chi connectivity index (χ2v) is 6.59. The van der Waals surface area contributed by atoms with Crippen LogP contribution in [0.3, 0.4) is 0 Å². The fourth-order valence-electron chi connectivity index (χ4n) is 1.61. The van der Waals surface area contributed by atoms with Crippen molar-refractivity contribution in [1.29, 1.82) is 0 Å². The van der Waals surface area contributed by atoms with Crippen LogP contribution in [0.2, 0.25) is 0 Å². The van der Waals surface area contributed by atoms with E-state index in [0.29, 0.717) is 0 Å². The van der Waals surface area contributed by atoms with Gasteiger partial charge in [0.05, 0.1) is 10.1 Å². The molecular formula is C12H16N4OS2. The van der Waals surface area contributed by atoms with Crippen molar-refractivity contribution in [2.45, 2.75) is 17.3 Å². The van der Waals surface area contributed by atoms with Crippen LogP contribution in [0.5, 0.6) is 0 Å². The lowest BCUT2D eigenvalue weighted by Crippen LogP contribution is -2.29. The highest BCUT2D eigenvalue weighted by Crippen LogP contribution is 2.28. The predicted molar refractivity (Wildman–Crippen MR) is 78.3 cm³/mol. The van der Waals surface area contributed by atoms with Gasteiger partial charge < -0.3 is 9.47 Å². The van der Waals surface area contributed by atoms with Crippen molar-refractivity contribution in [3.8, 4) is 10.7 Å². The number of amides is 1. The zero-order chi connectivity index (χ0) is 14.0. The largest absolute Gasteiger partial charge is 0.348 e. The highest BCUT2D eigenvalue weighted by molar-refractivity contribution is 8.00. The van der Waals surface area contributed by atoms with Gasteiger partial charge in [-0.2, -0.15) is 0 Å². The summed E-state index contributed by atoms with van der Waals surface area (Å²) in [6.07, 6.45) is 0. The van der Waals surface area contributed by atoms with E-state index in [0.717, 1.165) is 15.9 Å². The smallest absolute Gasteiger partial charge is 0.235 e. The van der Waals surface area contributed by atoms with Crippen LogP contribution < -0.4 is 0 Å². The summed E-state index contributed by atoms with van der Waals surface area (Å²) in [6, 6.07) is 4.00. The summed E-state index contributed by atoms with van der Waals surface area (Å²) in [4.78, 5) is 14.5. The van der Waals surface area contributed by atoms with E-state index in [2.05, 4.69) is 10.2 Å². The number of hydrogen-bond acceptors (Lipinski definition) is 5. The van der Waals surface area contributed by atoms with Crippen molar-refractivity contribution in [1.82, 2.24) is 19.7 Å². The molecule has 0 aromatic carbocycles. The maximum atomic E-state index is 11.8. The van der Waals surface area contributed by atoms with Crippen molar-refractivity contribution in [3.63, 3.8) is 0 Å². The van der Waals surface area contributed by atoms with E-state index in [-0.39, 0.29) is 11.2 Å². The van der Waals surface area contributed by atoms with Crippen molar-refractivity contribution < 1.29 is 4.79 Å². The summed E-state index contributed by atoms with van der Waals surface area (Å²) in [7, 11) is 5.44. The van der Waals surface area contributed by atoms with Crippen molar-refractivity contribution in [2.24, 2.45) is 7.05 Å². The minimum Gasteiger partial charge on any atom is -0.348 e. The summed E-state index contributed by atoms with van der Waals surface area (Å²) in [5.74, 6) is 0.910. The Morgan fingerprint density at radius 2 is 2.21 bits per heavy atom. The SMILES string of the molecule is CC(Sc1nnc(-c2cccs2)n1C)C(=O)N(C)C. The number of nitrogens with zero attached hydrogens (tertiary/aromatic N) is 4. The van der Waals surface area contributed by atoms with Gasteiger partial charge >= 0.3 is 0 Å². The Hall–Kier alpha value is -1.34. The monoisotopic (exact) mass is 296 g/mol. The van der Waals surface area contributed by atoms with Crippen LogP contribution in [0.15, 0.2) is 22.7 Å². The number of thiophene rings is 1. The number of aromatic nitrogens is 3. The summed E-state index contributed by atoms with van der Waals surface area (Å²) in [6.45, 7) is 1.88. The Balaban J connectivity index is 2.17. The topological polar surface area (TPSA) is 51.0 Å². The third-order valence-corrected chi connectivity index (χ3v) is 4.63. The molecule has 0 spiro atoms. The second kappa shape index (κ2) is 5.75. The summed E-state index contributed by atoms with van der Waals surface area (Å²) in [5, 5.41) is 11.0. The molecule has 1 unspecified atom stereocenters. The van der Waals surface area contributed by atoms with Crippen LogP contribution >= 0.6 is 23.1 Å². The van der Waals surface area contributed by atoms with Gasteiger partial charge in [-0.3, -0.25) is 4.79 Å². The first-order chi connectivity index (χ1) is 9.00. The Labute approximate surface area is 120 Å². The average Bonchev–Trinajstić information content (AvgIpc) is 2.99. The van der Waals surface area contributed by atoms with E-state index < -0.39 is 0 Å². The molecule has 2 heterocycles. The average molecular weight is 296 g/mol. The quantitative estimate of drug-likeness (QED) is 0.811. The van der Waals surface area contributed by atoms with Crippen LogP contribution in [0, 0.1) is 0 Å². The fourth-order valence-corrected chi connectivity index (χ4v) is 3.31. The van der Waals surface area contributed by atoms with Gasteiger partial charge in [0.15, 0.2) is 11.0 Å². The maximum absolute atomic E-state index is 11.8. The van der Waals surface area contributed by atoms with E-state index in [1.54, 1.807) is 30.3 Å². The minimum absolute atomic E-state index is 0.0747. The molecule has 0 aliphatic carbocycles. The molecule has 102 valence electrons. The molecule has 1 amide bonds. The highest BCUT2D eigenvalue weighted by Gasteiger charge is 2.20. The molecule has 0 radical (unpaired) electrons. The van der Waals surface area contributed by atoms with Crippen LogP contribution in [-0.4, -0.2) is 44.9 Å². The highest BCUT2D eigenvalue weighted by atomic mass is 32.2. The lowest BCUT2D eigenvalue weighted by Gasteiger charge is -2.15. The Morgan fingerprint density at radius 1 is 1.47 bits per heavy atom. The fraction of sp³-hybridized carbons (Fsp3) is 0.417. The van der Waals surface area contributed by atoms with E-state index in [1.165, 1.54) is 11.8 Å². The standard InChI is InChI=1S/C12H16N4OS2/c1-8(11(17)15(2)3)19-12-14-13-10(16(12)4)9-6-5-7-18-9/h5-8H,1-4H3. The van der Waals surface area contributed by atoms with Gasteiger partial charge in [0, 0.05) is 21.1 Å². The molecule has 0 N–H and O–H groups in total. The lowest BCUT2D eigenvalue weighted by atomic mass is 10.4. The first-order valence-electron chi connectivity index (χ1n) is 5.81. The van der Waals surface area contributed by atoms with E-state index in [9.17, 15) is 4.79 Å². The number of carbonyl (C=O) groups excluding carboxylic acids is 1. The molecule has 0 fully saturated rings. The van der Waals surface area contributed by atoms with Gasteiger partial charge in [-0.1, -0.05) is 17.8 Å². The molecule has 7 heteroatoms. The summed E-state index contributed by atoms with van der Waals surface area (Å²) >= 11 is 3.05. The Bertz CT molecular complexity index is 562. The molecule has 1 atom stereocenters. The molecule has 0 saturated carbocycles. The molecule has 0 aliphatic rings. The number of hydrogen-bond donors (Lipinski definition) is 0. The molecular weight excluding hydrogens is 280 g/mol. The van der Waals surface area contributed by atoms with Crippen LogP contribution in [0.25, 0.3) is 10.7 Å². The third-order valence-electron chi connectivity index (χ3n) is 2.65. The molecule has 2 aromatic heterocycles. The van der Waals surface area contributed by atoms with E-state index in [1.807, 2.05) is 36.1 Å². The third kappa shape index (κ3) is 2.98. The summed E-state index contributed by atoms with van der Waals surface area (Å²) in [5.41, 5.74) is 0. The van der Waals surface area contributed by atoms with Crippen molar-refractivity contribution in [3.05, 3.63) is 17.5 Å². The zero-order valence-electron chi connectivity index (χ0n) is 11.3. The van der Waals surface area contributed by atoms with Crippen molar-refractivity contribution >= 4 is 29.0 Å². The molecule has 0 saturated heterocycles. The zero-order valence-corrected chi connectivity index (χ0v) is 13.0. The van der Waals surface area contributed by atoms with Gasteiger partial charge in [-0.15, -0.1) is 21.5 Å². The van der Waals surface area contributed by atoms with Crippen LogP contribution in [0.4, 0.5) is 0 Å². The Kier molecular flexibility index (Phi) is 4.26. The normalized spacial score (nSPS) is 12.4. The molecule has 2 aromatic rings. The molecule has 0 aliphatic heterocycles. The van der Waals surface area contributed by atoms with Gasteiger partial charge in [-0.25, -0.2) is 0 Å². The first kappa shape index (κ1) is 14.1. The lowest BCUT2D eigenvalue weighted by molar-refractivity contribution is -0.127. The van der Waals surface area contributed by atoms with Crippen molar-refractivity contribution in [2.75, 3.05) is 14.1 Å². The molecule has 5 nitrogen and oxygen atoms in total. The van der Waals surface area contributed by atoms with Gasteiger partial charge in [0.1, 0.15) is 0 Å². The van der Waals surface area contributed by atoms with Crippen LogP contribution in [0.1, 0.15) is 6.92 Å². The number of rotatable bonds is 4. The predicted octanol–water partition coefficient (Wildman–Crippen LogP) is 2.11. The number of carbonyl (C=O) groups is 1.